The van der Waals surface area contributed by atoms with Crippen molar-refractivity contribution < 1.29 is 32.1 Å². The van der Waals surface area contributed by atoms with E-state index in [-0.39, 0.29) is 34.1 Å². The molecular weight excluding hydrogens is 603 g/mol. The average Bonchev–Trinajstić information content (AvgIpc) is 2.97. The predicted molar refractivity (Wildman–Crippen MR) is 160 cm³/mol. The Kier molecular flexibility index (Phi) is 11.1. The van der Waals surface area contributed by atoms with Gasteiger partial charge in [-0.05, 0) is 50.6 Å². The van der Waals surface area contributed by atoms with Gasteiger partial charge in [-0.3, -0.25) is 24.0 Å². The fraction of sp³-hybridized carbons (Fsp3) is 0.310. The van der Waals surface area contributed by atoms with Gasteiger partial charge in [0.15, 0.2) is 0 Å². The van der Waals surface area contributed by atoms with E-state index in [2.05, 4.69) is 5.32 Å². The number of rotatable bonds is 13. The molecule has 0 spiro atoms. The number of carbonyl (C=O) groups excluding carboxylic acids is 2. The van der Waals surface area contributed by atoms with E-state index in [1.165, 1.54) is 69.5 Å². The van der Waals surface area contributed by atoms with Crippen LogP contribution < -0.4 is 14.4 Å². The van der Waals surface area contributed by atoms with Gasteiger partial charge in [0.2, 0.25) is 11.8 Å². The Morgan fingerprint density at radius 3 is 2.47 bits per heavy atom. The van der Waals surface area contributed by atoms with E-state index in [0.717, 1.165) is 11.0 Å². The third-order valence-electron chi connectivity index (χ3n) is 6.67. The van der Waals surface area contributed by atoms with Crippen LogP contribution in [-0.4, -0.2) is 56.3 Å². The van der Waals surface area contributed by atoms with E-state index >= 15 is 0 Å². The highest BCUT2D eigenvalue weighted by Crippen LogP contribution is 2.36. The summed E-state index contributed by atoms with van der Waals surface area (Å²) in [5.41, 5.74) is -0.224. The zero-order chi connectivity index (χ0) is 31.9. The monoisotopic (exact) mass is 634 g/mol. The Morgan fingerprint density at radius 2 is 1.84 bits per heavy atom. The lowest BCUT2D eigenvalue weighted by atomic mass is 10.1. The number of nitro benzene ring substituents is 1. The van der Waals surface area contributed by atoms with Gasteiger partial charge in [-0.2, -0.15) is 0 Å². The van der Waals surface area contributed by atoms with Crippen molar-refractivity contribution in [1.82, 2.24) is 10.2 Å². The molecule has 0 radical (unpaired) electrons. The van der Waals surface area contributed by atoms with Gasteiger partial charge in [0.05, 0.1) is 22.6 Å². The zero-order valence-corrected chi connectivity index (χ0v) is 25.6. The molecule has 0 heterocycles. The van der Waals surface area contributed by atoms with Crippen LogP contribution in [0, 0.1) is 22.9 Å². The summed E-state index contributed by atoms with van der Waals surface area (Å²) in [5.74, 6) is -1.95. The van der Waals surface area contributed by atoms with E-state index < -0.39 is 55.7 Å². The lowest BCUT2D eigenvalue weighted by molar-refractivity contribution is -0.385. The van der Waals surface area contributed by atoms with E-state index in [0.29, 0.717) is 17.3 Å². The Balaban J connectivity index is 2.16. The molecule has 0 saturated carbocycles. The molecule has 3 aromatic rings. The van der Waals surface area contributed by atoms with Gasteiger partial charge >= 0.3 is 0 Å². The van der Waals surface area contributed by atoms with Crippen LogP contribution in [0.25, 0.3) is 0 Å². The van der Waals surface area contributed by atoms with E-state index in [1.54, 1.807) is 6.07 Å². The number of aryl methyl sites for hydroxylation is 1. The first-order chi connectivity index (χ1) is 20.3. The highest BCUT2D eigenvalue weighted by atomic mass is 35.5. The molecule has 11 nitrogen and oxygen atoms in total. The van der Waals surface area contributed by atoms with Crippen molar-refractivity contribution in [1.29, 1.82) is 0 Å². The van der Waals surface area contributed by atoms with Crippen LogP contribution in [0.5, 0.6) is 5.75 Å². The molecule has 0 aliphatic rings. The van der Waals surface area contributed by atoms with E-state index in [9.17, 15) is 32.5 Å². The number of nitrogens with one attached hydrogen (secondary N) is 1. The van der Waals surface area contributed by atoms with Crippen LogP contribution in [0.15, 0.2) is 65.6 Å². The molecule has 14 heteroatoms. The molecule has 3 rings (SSSR count). The molecule has 0 aliphatic heterocycles. The summed E-state index contributed by atoms with van der Waals surface area (Å²) in [7, 11) is -3.39. The molecule has 0 fully saturated rings. The van der Waals surface area contributed by atoms with E-state index in [4.69, 9.17) is 16.3 Å². The zero-order valence-electron chi connectivity index (χ0n) is 24.0. The number of hydrogen-bond donors (Lipinski definition) is 1. The van der Waals surface area contributed by atoms with Crippen LogP contribution in [0.4, 0.5) is 15.8 Å². The number of benzene rings is 3. The van der Waals surface area contributed by atoms with Crippen LogP contribution in [0.1, 0.15) is 31.4 Å². The maximum Gasteiger partial charge on any atom is 0.273 e. The normalized spacial score (nSPS) is 11.9. The molecule has 0 saturated heterocycles. The molecular formula is C29H32ClFN4O7S. The summed E-state index contributed by atoms with van der Waals surface area (Å²) in [5, 5.41) is 14.4. The van der Waals surface area contributed by atoms with Gasteiger partial charge in [-0.15, -0.1) is 0 Å². The average molecular weight is 635 g/mol. The third kappa shape index (κ3) is 7.79. The molecule has 0 aromatic heterocycles. The van der Waals surface area contributed by atoms with Crippen LogP contribution >= 0.6 is 11.6 Å². The first-order valence-electron chi connectivity index (χ1n) is 13.2. The lowest BCUT2D eigenvalue weighted by Gasteiger charge is -2.32. The summed E-state index contributed by atoms with van der Waals surface area (Å²) < 4.78 is 49.0. The predicted octanol–water partition coefficient (Wildman–Crippen LogP) is 4.84. The molecule has 230 valence electrons. The minimum Gasteiger partial charge on any atom is -0.495 e. The fourth-order valence-electron chi connectivity index (χ4n) is 4.23. The van der Waals surface area contributed by atoms with Gasteiger partial charge in [-0.1, -0.05) is 42.8 Å². The van der Waals surface area contributed by atoms with Crippen molar-refractivity contribution in [2.75, 3.05) is 24.5 Å². The maximum absolute atomic E-state index is 14.7. The van der Waals surface area contributed by atoms with Crippen molar-refractivity contribution >= 4 is 44.8 Å². The third-order valence-corrected chi connectivity index (χ3v) is 8.66. The van der Waals surface area contributed by atoms with Crippen LogP contribution in [0.2, 0.25) is 5.02 Å². The Bertz CT molecular complexity index is 1620. The van der Waals surface area contributed by atoms with Gasteiger partial charge < -0.3 is 15.0 Å². The topological polar surface area (TPSA) is 139 Å². The number of sulfonamides is 1. The SMILES string of the molecule is CCCNC(=O)[C@H](C)N(Cc1ccccc1F)C(=O)CN(c1cc(Cl)ccc1OC)S(=O)(=O)c1ccc(C)c([N+](=O)[O-])c1. The number of methoxy groups -OCH3 is 1. The number of halogens is 2. The van der Waals surface area contributed by atoms with E-state index in [1.807, 2.05) is 6.92 Å². The Morgan fingerprint density at radius 1 is 1.14 bits per heavy atom. The first-order valence-corrected chi connectivity index (χ1v) is 15.1. The number of amides is 2. The molecule has 2 amide bonds. The lowest BCUT2D eigenvalue weighted by Crippen LogP contribution is -2.51. The smallest absolute Gasteiger partial charge is 0.273 e. The highest BCUT2D eigenvalue weighted by molar-refractivity contribution is 7.92. The molecule has 0 unspecified atom stereocenters. The Labute approximate surface area is 254 Å². The highest BCUT2D eigenvalue weighted by Gasteiger charge is 2.35. The van der Waals surface area contributed by atoms with Gasteiger partial charge in [-0.25, -0.2) is 12.8 Å². The molecule has 1 N–H and O–H groups in total. The van der Waals surface area contributed by atoms with Crippen molar-refractivity contribution in [3.63, 3.8) is 0 Å². The van der Waals surface area contributed by atoms with Gasteiger partial charge in [0.1, 0.15) is 24.2 Å². The number of ether oxygens (including phenoxy) is 1. The number of hydrogen-bond acceptors (Lipinski definition) is 7. The minimum atomic E-state index is -4.68. The molecule has 0 bridgehead atoms. The van der Waals surface area contributed by atoms with Gasteiger partial charge in [0.25, 0.3) is 15.7 Å². The minimum absolute atomic E-state index is 0.0387. The van der Waals surface area contributed by atoms with Crippen molar-refractivity contribution in [2.24, 2.45) is 0 Å². The fourth-order valence-corrected chi connectivity index (χ4v) is 5.84. The molecule has 0 aliphatic carbocycles. The number of nitro groups is 1. The van der Waals surface area contributed by atoms with Crippen molar-refractivity contribution in [3.8, 4) is 5.75 Å². The summed E-state index contributed by atoms with van der Waals surface area (Å²) in [6.45, 7) is 3.87. The quantitative estimate of drug-likeness (QED) is 0.210. The number of carbonyl (C=O) groups is 2. The molecule has 43 heavy (non-hydrogen) atoms. The summed E-state index contributed by atoms with van der Waals surface area (Å²) in [6.07, 6.45) is 0.628. The second-order valence-corrected chi connectivity index (χ2v) is 11.9. The summed E-state index contributed by atoms with van der Waals surface area (Å²) in [6, 6.07) is 12.1. The largest absolute Gasteiger partial charge is 0.495 e. The second-order valence-electron chi connectivity index (χ2n) is 9.61. The van der Waals surface area contributed by atoms with Crippen LogP contribution in [0.3, 0.4) is 0 Å². The van der Waals surface area contributed by atoms with Crippen molar-refractivity contribution in [2.45, 2.75) is 44.7 Å². The standard InChI is InChI=1S/C29H32ClFN4O7S/c1-5-14-32-29(37)20(3)33(17-21-8-6-7-9-24(21)31)28(36)18-34(26-15-22(30)11-13-27(26)42-4)43(40,41)23-12-10-19(2)25(16-23)35(38)39/h6-13,15-16,20H,5,14,17-18H2,1-4H3,(H,32,37)/t20-/m0/s1. The summed E-state index contributed by atoms with van der Waals surface area (Å²) >= 11 is 6.21. The summed E-state index contributed by atoms with van der Waals surface area (Å²) in [4.78, 5) is 38.4. The number of anilines is 1. The van der Waals surface area contributed by atoms with Gasteiger partial charge in [0, 0.05) is 35.3 Å². The Hall–Kier alpha value is -4.23. The molecule has 1 atom stereocenters. The first kappa shape index (κ1) is 33.3. The van der Waals surface area contributed by atoms with Crippen LogP contribution in [-0.2, 0) is 26.2 Å². The number of nitrogens with zero attached hydrogens (tertiary/aromatic N) is 3. The second kappa shape index (κ2) is 14.3. The van der Waals surface area contributed by atoms with Crippen molar-refractivity contribution in [3.05, 3.63) is 92.7 Å². The molecule has 3 aromatic carbocycles. The maximum atomic E-state index is 14.7.